The van der Waals surface area contributed by atoms with Crippen molar-refractivity contribution < 1.29 is 9.84 Å². The Hall–Kier alpha value is -2.37. The largest absolute Gasteiger partial charge is 0.487 e. The molecule has 0 fully saturated rings. The number of nitrogens with zero attached hydrogens (tertiary/aromatic N) is 3. The van der Waals surface area contributed by atoms with E-state index in [1.807, 2.05) is 36.4 Å². The van der Waals surface area contributed by atoms with Gasteiger partial charge in [0.2, 0.25) is 0 Å². The maximum atomic E-state index is 9.27. The zero-order valence-electron chi connectivity index (χ0n) is 11.7. The number of hydrogen-bond acceptors (Lipinski definition) is 4. The maximum Gasteiger partial charge on any atom is 0.134 e. The lowest BCUT2D eigenvalue weighted by Gasteiger charge is -2.07. The first-order valence-corrected chi connectivity index (χ1v) is 7.13. The zero-order valence-corrected chi connectivity index (χ0v) is 12.4. The number of ether oxygens (including phenoxy) is 1. The van der Waals surface area contributed by atoms with Crippen LogP contribution in [0.2, 0.25) is 5.02 Å². The lowest BCUT2D eigenvalue weighted by Crippen LogP contribution is -1.99. The number of aliphatic hydroxyl groups excluding tert-OH is 1. The van der Waals surface area contributed by atoms with E-state index in [4.69, 9.17) is 16.3 Å². The van der Waals surface area contributed by atoms with Gasteiger partial charge in [-0.15, -0.1) is 5.10 Å². The van der Waals surface area contributed by atoms with Gasteiger partial charge in [0.15, 0.2) is 0 Å². The van der Waals surface area contributed by atoms with Gasteiger partial charge in [0.05, 0.1) is 18.5 Å². The Bertz CT molecular complexity index is 756. The van der Waals surface area contributed by atoms with Gasteiger partial charge in [-0.2, -0.15) is 0 Å². The summed E-state index contributed by atoms with van der Waals surface area (Å²) in [4.78, 5) is 0. The minimum Gasteiger partial charge on any atom is -0.487 e. The van der Waals surface area contributed by atoms with Crippen molar-refractivity contribution in [1.82, 2.24) is 15.0 Å². The first-order chi connectivity index (χ1) is 10.8. The van der Waals surface area contributed by atoms with Crippen LogP contribution in [0.4, 0.5) is 0 Å². The summed E-state index contributed by atoms with van der Waals surface area (Å²) in [6.45, 7) is 0.220. The molecule has 3 aromatic rings. The lowest BCUT2D eigenvalue weighted by molar-refractivity contribution is 0.257. The highest BCUT2D eigenvalue weighted by Gasteiger charge is 2.06. The van der Waals surface area contributed by atoms with E-state index in [0.717, 1.165) is 11.3 Å². The van der Waals surface area contributed by atoms with Gasteiger partial charge in [0, 0.05) is 10.6 Å². The Labute approximate surface area is 132 Å². The summed E-state index contributed by atoms with van der Waals surface area (Å²) < 4.78 is 7.35. The topological polar surface area (TPSA) is 60.2 Å². The number of aliphatic hydroxyl groups is 1. The molecule has 5 nitrogen and oxygen atoms in total. The molecule has 2 aromatic carbocycles. The van der Waals surface area contributed by atoms with Crippen LogP contribution >= 0.6 is 11.6 Å². The molecule has 6 heteroatoms. The van der Waals surface area contributed by atoms with E-state index < -0.39 is 0 Å². The van der Waals surface area contributed by atoms with Gasteiger partial charge in [0.1, 0.15) is 18.1 Å². The average Bonchev–Trinajstić information content (AvgIpc) is 3.03. The Morgan fingerprint density at radius 2 is 1.86 bits per heavy atom. The Balaban J connectivity index is 1.71. The summed E-state index contributed by atoms with van der Waals surface area (Å²) in [6, 6.07) is 14.7. The van der Waals surface area contributed by atoms with Crippen molar-refractivity contribution in [3.05, 3.63) is 71.0 Å². The summed E-state index contributed by atoms with van der Waals surface area (Å²) in [6.07, 6.45) is 1.80. The molecule has 0 aliphatic carbocycles. The average molecular weight is 316 g/mol. The Morgan fingerprint density at radius 3 is 2.64 bits per heavy atom. The second kappa shape index (κ2) is 6.60. The highest BCUT2D eigenvalue weighted by Crippen LogP contribution is 2.19. The molecule has 1 aromatic heterocycles. The first kappa shape index (κ1) is 14.6. The fourth-order valence-electron chi connectivity index (χ4n) is 2.01. The normalized spacial score (nSPS) is 10.6. The molecule has 22 heavy (non-hydrogen) atoms. The molecule has 3 rings (SSSR count). The SMILES string of the molecule is OCc1ccccc1OCc1cn(-c2ccc(Cl)cc2)nn1. The molecular weight excluding hydrogens is 302 g/mol. The third-order valence-electron chi connectivity index (χ3n) is 3.15. The predicted octanol–water partition coefficient (Wildman–Crippen LogP) is 2.99. The highest BCUT2D eigenvalue weighted by atomic mass is 35.5. The van der Waals surface area contributed by atoms with E-state index in [0.29, 0.717) is 16.5 Å². The molecular formula is C16H14ClN3O2. The predicted molar refractivity (Wildman–Crippen MR) is 83.1 cm³/mol. The van der Waals surface area contributed by atoms with E-state index in [2.05, 4.69) is 10.3 Å². The molecule has 0 aliphatic heterocycles. The van der Waals surface area contributed by atoms with Crippen molar-refractivity contribution >= 4 is 11.6 Å². The molecule has 0 radical (unpaired) electrons. The summed E-state index contributed by atoms with van der Waals surface area (Å²) in [5.41, 5.74) is 2.31. The minimum atomic E-state index is -0.0619. The molecule has 1 N–H and O–H groups in total. The molecule has 0 unspecified atom stereocenters. The van der Waals surface area contributed by atoms with Crippen LogP contribution < -0.4 is 4.74 Å². The smallest absolute Gasteiger partial charge is 0.134 e. The van der Waals surface area contributed by atoms with E-state index in [-0.39, 0.29) is 13.2 Å². The summed E-state index contributed by atoms with van der Waals surface area (Å²) in [5, 5.41) is 18.1. The highest BCUT2D eigenvalue weighted by molar-refractivity contribution is 6.30. The number of para-hydroxylation sites is 1. The molecule has 0 aliphatic rings. The second-order valence-corrected chi connectivity index (χ2v) is 5.12. The van der Waals surface area contributed by atoms with E-state index in [1.165, 1.54) is 0 Å². The molecule has 0 amide bonds. The quantitative estimate of drug-likeness (QED) is 0.786. The van der Waals surface area contributed by atoms with Crippen molar-refractivity contribution in [3.63, 3.8) is 0 Å². The first-order valence-electron chi connectivity index (χ1n) is 6.75. The minimum absolute atomic E-state index is 0.0619. The standard InChI is InChI=1S/C16H14ClN3O2/c17-13-5-7-15(8-6-13)20-9-14(18-19-20)11-22-16-4-2-1-3-12(16)10-21/h1-9,21H,10-11H2. The van der Waals surface area contributed by atoms with Crippen LogP contribution in [0.15, 0.2) is 54.7 Å². The maximum absolute atomic E-state index is 9.27. The van der Waals surface area contributed by atoms with E-state index in [1.54, 1.807) is 23.0 Å². The number of hydrogen-bond donors (Lipinski definition) is 1. The van der Waals surface area contributed by atoms with Crippen LogP contribution in [0.5, 0.6) is 5.75 Å². The molecule has 0 saturated heterocycles. The molecule has 0 saturated carbocycles. The van der Waals surface area contributed by atoms with Gasteiger partial charge < -0.3 is 9.84 Å². The van der Waals surface area contributed by atoms with Crippen molar-refractivity contribution in [2.75, 3.05) is 0 Å². The van der Waals surface area contributed by atoms with Gasteiger partial charge in [-0.1, -0.05) is 35.0 Å². The van der Waals surface area contributed by atoms with Crippen LogP contribution in [-0.4, -0.2) is 20.1 Å². The molecule has 0 spiro atoms. The van der Waals surface area contributed by atoms with Crippen molar-refractivity contribution in [3.8, 4) is 11.4 Å². The monoisotopic (exact) mass is 315 g/mol. The van der Waals surface area contributed by atoms with E-state index >= 15 is 0 Å². The van der Waals surface area contributed by atoms with Crippen molar-refractivity contribution in [2.24, 2.45) is 0 Å². The van der Waals surface area contributed by atoms with Gasteiger partial charge >= 0.3 is 0 Å². The number of benzene rings is 2. The van der Waals surface area contributed by atoms with Crippen molar-refractivity contribution in [1.29, 1.82) is 0 Å². The lowest BCUT2D eigenvalue weighted by atomic mass is 10.2. The number of rotatable bonds is 5. The molecule has 112 valence electrons. The van der Waals surface area contributed by atoms with Crippen LogP contribution in [-0.2, 0) is 13.2 Å². The second-order valence-electron chi connectivity index (χ2n) is 4.69. The van der Waals surface area contributed by atoms with Crippen LogP contribution in [0.1, 0.15) is 11.3 Å². The van der Waals surface area contributed by atoms with Gasteiger partial charge in [-0.3, -0.25) is 0 Å². The van der Waals surface area contributed by atoms with Gasteiger partial charge in [0.25, 0.3) is 0 Å². The third-order valence-corrected chi connectivity index (χ3v) is 3.40. The fourth-order valence-corrected chi connectivity index (χ4v) is 2.14. The number of aromatic nitrogens is 3. The zero-order chi connectivity index (χ0) is 15.4. The van der Waals surface area contributed by atoms with Crippen molar-refractivity contribution in [2.45, 2.75) is 13.2 Å². The Morgan fingerprint density at radius 1 is 1.09 bits per heavy atom. The summed E-state index contributed by atoms with van der Waals surface area (Å²) in [5.74, 6) is 0.644. The van der Waals surface area contributed by atoms with E-state index in [9.17, 15) is 5.11 Å². The number of halogens is 1. The third kappa shape index (κ3) is 3.27. The van der Waals surface area contributed by atoms with Gasteiger partial charge in [-0.25, -0.2) is 4.68 Å². The molecule has 0 atom stereocenters. The summed E-state index contributed by atoms with van der Waals surface area (Å²) >= 11 is 5.86. The molecule has 0 bridgehead atoms. The van der Waals surface area contributed by atoms with Crippen LogP contribution in [0.3, 0.4) is 0 Å². The summed E-state index contributed by atoms with van der Waals surface area (Å²) in [7, 11) is 0. The van der Waals surface area contributed by atoms with Crippen LogP contribution in [0, 0.1) is 0 Å². The fraction of sp³-hybridized carbons (Fsp3) is 0.125. The Kier molecular flexibility index (Phi) is 4.37. The van der Waals surface area contributed by atoms with Gasteiger partial charge in [-0.05, 0) is 30.3 Å². The molecule has 1 heterocycles. The van der Waals surface area contributed by atoms with Crippen LogP contribution in [0.25, 0.3) is 5.69 Å².